The van der Waals surface area contributed by atoms with E-state index in [0.29, 0.717) is 36.0 Å². The molecule has 1 fully saturated rings. The highest BCUT2D eigenvalue weighted by Gasteiger charge is 2.28. The lowest BCUT2D eigenvalue weighted by molar-refractivity contribution is 0.0503. The molecule has 34 heavy (non-hydrogen) atoms. The molecule has 2 heterocycles. The number of rotatable bonds is 9. The van der Waals surface area contributed by atoms with Gasteiger partial charge in [0, 0.05) is 19.7 Å². The van der Waals surface area contributed by atoms with Crippen LogP contribution in [0.5, 0.6) is 17.2 Å². The number of amides is 1. The van der Waals surface area contributed by atoms with Crippen LogP contribution >= 0.6 is 11.3 Å². The first kappa shape index (κ1) is 24.0. The molecule has 180 valence electrons. The van der Waals surface area contributed by atoms with Crippen molar-refractivity contribution >= 4 is 17.2 Å². The summed E-state index contributed by atoms with van der Waals surface area (Å²) in [6.45, 7) is 3.50. The van der Waals surface area contributed by atoms with Gasteiger partial charge in [0.15, 0.2) is 11.5 Å². The molecule has 0 spiro atoms. The minimum Gasteiger partial charge on any atom is -0.493 e. The molecule has 1 atom stereocenters. The highest BCUT2D eigenvalue weighted by Crippen LogP contribution is 2.39. The lowest BCUT2D eigenvalue weighted by Gasteiger charge is -2.26. The molecule has 0 bridgehead atoms. The van der Waals surface area contributed by atoms with E-state index in [1.165, 1.54) is 11.3 Å². The third kappa shape index (κ3) is 5.18. The van der Waals surface area contributed by atoms with Crippen molar-refractivity contribution in [3.05, 3.63) is 58.7 Å². The van der Waals surface area contributed by atoms with E-state index in [-0.39, 0.29) is 12.0 Å². The van der Waals surface area contributed by atoms with Gasteiger partial charge in [0.05, 0.1) is 37.3 Å². The van der Waals surface area contributed by atoms with Gasteiger partial charge in [0.2, 0.25) is 5.75 Å². The highest BCUT2D eigenvalue weighted by molar-refractivity contribution is 7.15. The van der Waals surface area contributed by atoms with Crippen molar-refractivity contribution in [2.75, 3.05) is 34.5 Å². The molecule has 2 aromatic carbocycles. The second kappa shape index (κ2) is 10.9. The third-order valence-corrected chi connectivity index (χ3v) is 6.83. The number of aromatic nitrogens is 1. The minimum atomic E-state index is -0.118. The number of nitrogens with zero attached hydrogens (tertiary/aromatic N) is 2. The first-order valence-corrected chi connectivity index (χ1v) is 12.1. The van der Waals surface area contributed by atoms with Gasteiger partial charge in [-0.05, 0) is 43.0 Å². The van der Waals surface area contributed by atoms with Crippen molar-refractivity contribution in [3.8, 4) is 27.7 Å². The summed E-state index contributed by atoms with van der Waals surface area (Å²) in [7, 11) is 4.74. The summed E-state index contributed by atoms with van der Waals surface area (Å²) in [6.07, 6.45) is 1.94. The fourth-order valence-corrected chi connectivity index (χ4v) is 5.12. The van der Waals surface area contributed by atoms with Crippen LogP contribution in [0.15, 0.2) is 42.5 Å². The van der Waals surface area contributed by atoms with Crippen LogP contribution in [0, 0.1) is 6.92 Å². The Bertz CT molecular complexity index is 1100. The lowest BCUT2D eigenvalue weighted by atomic mass is 10.1. The summed E-state index contributed by atoms with van der Waals surface area (Å²) in [4.78, 5) is 21.2. The number of hydrogen-bond acceptors (Lipinski definition) is 7. The van der Waals surface area contributed by atoms with Gasteiger partial charge in [-0.25, -0.2) is 4.98 Å². The number of carbonyl (C=O) groups excluding carboxylic acids is 1. The molecule has 0 N–H and O–H groups in total. The van der Waals surface area contributed by atoms with Crippen LogP contribution in [-0.2, 0) is 11.3 Å². The van der Waals surface area contributed by atoms with Crippen molar-refractivity contribution in [2.24, 2.45) is 0 Å². The molecule has 0 radical (unpaired) electrons. The van der Waals surface area contributed by atoms with Crippen LogP contribution in [0.25, 0.3) is 10.4 Å². The molecule has 1 aliphatic heterocycles. The number of carbonyl (C=O) groups is 1. The summed E-state index contributed by atoms with van der Waals surface area (Å²) in [5.41, 5.74) is 2.33. The van der Waals surface area contributed by atoms with Crippen molar-refractivity contribution in [1.82, 2.24) is 9.88 Å². The topological polar surface area (TPSA) is 70.1 Å². The number of hydrogen-bond donors (Lipinski definition) is 0. The Morgan fingerprint density at radius 3 is 2.41 bits per heavy atom. The lowest BCUT2D eigenvalue weighted by Crippen LogP contribution is -2.37. The Labute approximate surface area is 204 Å². The summed E-state index contributed by atoms with van der Waals surface area (Å²) >= 11 is 1.53. The van der Waals surface area contributed by atoms with Gasteiger partial charge < -0.3 is 23.8 Å². The first-order chi connectivity index (χ1) is 16.5. The number of ether oxygens (including phenoxy) is 4. The molecule has 7 nitrogen and oxygen atoms in total. The predicted molar refractivity (Wildman–Crippen MR) is 132 cm³/mol. The number of methoxy groups -OCH3 is 3. The average Bonchev–Trinajstić information content (AvgIpc) is 3.52. The molecule has 4 rings (SSSR count). The minimum absolute atomic E-state index is 0.00546. The van der Waals surface area contributed by atoms with Crippen LogP contribution in [0.3, 0.4) is 0 Å². The molecule has 1 amide bonds. The Balaban J connectivity index is 1.70. The number of aryl methyl sites for hydroxylation is 1. The van der Waals surface area contributed by atoms with Crippen molar-refractivity contribution in [3.63, 3.8) is 0 Å². The first-order valence-electron chi connectivity index (χ1n) is 11.3. The maximum atomic E-state index is 13.9. The number of benzene rings is 2. The van der Waals surface area contributed by atoms with Gasteiger partial charge in [-0.1, -0.05) is 30.3 Å². The van der Waals surface area contributed by atoms with Crippen molar-refractivity contribution in [2.45, 2.75) is 32.4 Å². The van der Waals surface area contributed by atoms with Gasteiger partial charge in [-0.3, -0.25) is 4.79 Å². The summed E-state index contributed by atoms with van der Waals surface area (Å²) in [5, 5.41) is 0.854. The average molecular weight is 483 g/mol. The van der Waals surface area contributed by atoms with E-state index < -0.39 is 0 Å². The fourth-order valence-electron chi connectivity index (χ4n) is 4.21. The molecule has 0 saturated carbocycles. The van der Waals surface area contributed by atoms with E-state index >= 15 is 0 Å². The van der Waals surface area contributed by atoms with Crippen LogP contribution in [0.2, 0.25) is 0 Å². The Morgan fingerprint density at radius 2 is 1.82 bits per heavy atom. The molecule has 1 aromatic heterocycles. The van der Waals surface area contributed by atoms with Crippen molar-refractivity contribution < 1.29 is 23.7 Å². The molecule has 1 saturated heterocycles. The Kier molecular flexibility index (Phi) is 7.70. The molecule has 1 aliphatic rings. The summed E-state index contributed by atoms with van der Waals surface area (Å²) in [6, 6.07) is 13.7. The quantitative estimate of drug-likeness (QED) is 0.429. The summed E-state index contributed by atoms with van der Waals surface area (Å²) in [5.74, 6) is 1.51. The van der Waals surface area contributed by atoms with Gasteiger partial charge in [0.1, 0.15) is 5.69 Å². The third-order valence-electron chi connectivity index (χ3n) is 5.81. The Hall–Kier alpha value is -3.10. The standard InChI is InChI=1S/C26H30N2O5S/c1-17-27-23(25(34-17)19-9-6-5-7-10-19)26(29)28(16-20-11-8-12-33-20)15-18-13-21(30-2)24(32-4)22(14-18)31-3/h5-7,9-10,13-14,20H,8,11-12,15-16H2,1-4H3. The zero-order chi connectivity index (χ0) is 24.1. The van der Waals surface area contributed by atoms with Gasteiger partial charge >= 0.3 is 0 Å². The van der Waals surface area contributed by atoms with Gasteiger partial charge in [0.25, 0.3) is 5.91 Å². The molecule has 0 aliphatic carbocycles. The molecular weight excluding hydrogens is 452 g/mol. The molecule has 1 unspecified atom stereocenters. The van der Waals surface area contributed by atoms with Crippen molar-refractivity contribution in [1.29, 1.82) is 0 Å². The smallest absolute Gasteiger partial charge is 0.274 e. The fraction of sp³-hybridized carbons (Fsp3) is 0.385. The maximum absolute atomic E-state index is 13.9. The number of thiazole rings is 1. The van der Waals surface area contributed by atoms with Gasteiger partial charge in [-0.15, -0.1) is 11.3 Å². The van der Waals surface area contributed by atoms with E-state index in [4.69, 9.17) is 18.9 Å². The largest absolute Gasteiger partial charge is 0.493 e. The highest BCUT2D eigenvalue weighted by atomic mass is 32.1. The molecule has 8 heteroatoms. The normalized spacial score (nSPS) is 15.2. The van der Waals surface area contributed by atoms with E-state index in [2.05, 4.69) is 4.98 Å². The zero-order valence-electron chi connectivity index (χ0n) is 20.0. The molecule has 3 aromatic rings. The molecular formula is C26H30N2O5S. The Morgan fingerprint density at radius 1 is 1.12 bits per heavy atom. The van der Waals surface area contributed by atoms with E-state index in [0.717, 1.165) is 40.5 Å². The second-order valence-electron chi connectivity index (χ2n) is 8.13. The SMILES string of the molecule is COc1cc(CN(CC2CCCO2)C(=O)c2nc(C)sc2-c2ccccc2)cc(OC)c1OC. The van der Waals surface area contributed by atoms with E-state index in [9.17, 15) is 4.79 Å². The van der Waals surface area contributed by atoms with Gasteiger partial charge in [-0.2, -0.15) is 0 Å². The van der Waals surface area contributed by atoms with E-state index in [1.807, 2.05) is 54.3 Å². The van der Waals surface area contributed by atoms with Crippen LogP contribution in [0.1, 0.15) is 33.9 Å². The van der Waals surface area contributed by atoms with E-state index in [1.54, 1.807) is 21.3 Å². The van der Waals surface area contributed by atoms with Crippen LogP contribution in [-0.4, -0.2) is 56.4 Å². The maximum Gasteiger partial charge on any atom is 0.274 e. The second-order valence-corrected chi connectivity index (χ2v) is 9.33. The summed E-state index contributed by atoms with van der Waals surface area (Å²) < 4.78 is 22.4. The van der Waals surface area contributed by atoms with Crippen LogP contribution < -0.4 is 14.2 Å². The monoisotopic (exact) mass is 482 g/mol. The predicted octanol–water partition coefficient (Wildman–Crippen LogP) is 4.97. The van der Waals surface area contributed by atoms with Crippen LogP contribution in [0.4, 0.5) is 0 Å². The zero-order valence-corrected chi connectivity index (χ0v) is 20.8.